The maximum atomic E-state index is 14.0. The molecule has 0 bridgehead atoms. The number of carboxylic acid groups (broad SMARTS) is 1. The predicted molar refractivity (Wildman–Crippen MR) is 149 cm³/mol. The summed E-state index contributed by atoms with van der Waals surface area (Å²) in [5.74, 6) is -3.06. The zero-order valence-corrected chi connectivity index (χ0v) is 23.4. The Balaban J connectivity index is 0.000000186. The summed E-state index contributed by atoms with van der Waals surface area (Å²) in [6.07, 6.45) is 6.60. The van der Waals surface area contributed by atoms with Gasteiger partial charge in [-0.05, 0) is 106 Å². The Kier molecular flexibility index (Phi) is 10.6. The Morgan fingerprint density at radius 1 is 0.950 bits per heavy atom. The van der Waals surface area contributed by atoms with Gasteiger partial charge in [-0.25, -0.2) is 17.6 Å². The molecule has 2 atom stereocenters. The van der Waals surface area contributed by atoms with Gasteiger partial charge in [-0.15, -0.1) is 0 Å². The van der Waals surface area contributed by atoms with Gasteiger partial charge in [0.25, 0.3) is 5.92 Å². The number of benzene rings is 2. The molecule has 2 aromatic rings. The standard InChI is InChI=1S/C17H22FNO2.C15H20F3N/c18-15-6-2-5-13(10-15)14-7-8-19(11-14)16(17(20)21)9-12-3-1-4-12;1-19-8-6-13(7-9-19)11-15(17,18)10-12-2-4-14(16)5-3-12/h2,5-6,10,12,14,16H,1,3-4,7-9,11H2,(H,20,21);2-5,13H,6-11H2,1H3. The summed E-state index contributed by atoms with van der Waals surface area (Å²) in [5.41, 5.74) is 1.49. The molecule has 5 rings (SSSR count). The largest absolute Gasteiger partial charge is 0.480 e. The van der Waals surface area contributed by atoms with Gasteiger partial charge in [-0.2, -0.15) is 0 Å². The SMILES string of the molecule is CN1CCC(CC(F)(F)Cc2ccc(F)cc2)CC1.O=C(O)C(CC1CCC1)N1CCC(c2cccc(F)c2)C1. The highest BCUT2D eigenvalue weighted by Crippen LogP contribution is 2.35. The molecule has 2 heterocycles. The van der Waals surface area contributed by atoms with Crippen molar-refractivity contribution in [2.24, 2.45) is 11.8 Å². The van der Waals surface area contributed by atoms with Crippen molar-refractivity contribution in [2.45, 2.75) is 75.7 Å². The molecule has 0 aromatic heterocycles. The first-order valence-corrected chi connectivity index (χ1v) is 14.6. The van der Waals surface area contributed by atoms with E-state index in [9.17, 15) is 27.5 Å². The van der Waals surface area contributed by atoms with E-state index in [1.54, 1.807) is 12.1 Å². The van der Waals surface area contributed by atoms with Gasteiger partial charge in [0.05, 0.1) is 0 Å². The van der Waals surface area contributed by atoms with E-state index in [1.165, 1.54) is 49.6 Å². The van der Waals surface area contributed by atoms with Crippen LogP contribution >= 0.6 is 0 Å². The van der Waals surface area contributed by atoms with Gasteiger partial charge in [-0.1, -0.05) is 43.5 Å². The highest BCUT2D eigenvalue weighted by Gasteiger charge is 2.36. The fourth-order valence-electron chi connectivity index (χ4n) is 6.21. The van der Waals surface area contributed by atoms with Gasteiger partial charge in [0.1, 0.15) is 17.7 Å². The number of piperidine rings is 1. The number of alkyl halides is 2. The van der Waals surface area contributed by atoms with Gasteiger partial charge >= 0.3 is 5.97 Å². The highest BCUT2D eigenvalue weighted by molar-refractivity contribution is 5.73. The van der Waals surface area contributed by atoms with Crippen molar-refractivity contribution < 1.29 is 27.5 Å². The number of hydrogen-bond acceptors (Lipinski definition) is 3. The van der Waals surface area contributed by atoms with Crippen molar-refractivity contribution in [1.82, 2.24) is 9.80 Å². The minimum Gasteiger partial charge on any atom is -0.480 e. The summed E-state index contributed by atoms with van der Waals surface area (Å²) >= 11 is 0. The number of carboxylic acids is 1. The summed E-state index contributed by atoms with van der Waals surface area (Å²) < 4.78 is 54.0. The molecule has 8 heteroatoms. The fourth-order valence-corrected chi connectivity index (χ4v) is 6.21. The number of aliphatic carboxylic acids is 1. The highest BCUT2D eigenvalue weighted by atomic mass is 19.3. The lowest BCUT2D eigenvalue weighted by molar-refractivity contribution is -0.143. The first-order valence-electron chi connectivity index (χ1n) is 14.6. The van der Waals surface area contributed by atoms with Gasteiger partial charge in [0, 0.05) is 19.4 Å². The molecule has 2 aromatic carbocycles. The lowest BCUT2D eigenvalue weighted by Crippen LogP contribution is -2.41. The molecule has 2 saturated heterocycles. The van der Waals surface area contributed by atoms with Crippen molar-refractivity contribution in [2.75, 3.05) is 33.2 Å². The molecule has 0 radical (unpaired) electrons. The quantitative estimate of drug-likeness (QED) is 0.335. The minimum absolute atomic E-state index is 0.0573. The molecule has 1 saturated carbocycles. The molecule has 220 valence electrons. The molecule has 2 unspecified atom stereocenters. The summed E-state index contributed by atoms with van der Waals surface area (Å²) in [5, 5.41) is 9.50. The monoisotopic (exact) mass is 562 g/mol. The molecule has 1 N–H and O–H groups in total. The Hall–Kier alpha value is -2.45. The van der Waals surface area contributed by atoms with Gasteiger partial charge < -0.3 is 10.0 Å². The maximum absolute atomic E-state index is 14.0. The molecule has 3 fully saturated rings. The second-order valence-electron chi connectivity index (χ2n) is 12.0. The van der Waals surface area contributed by atoms with Gasteiger partial charge in [0.15, 0.2) is 0 Å². The van der Waals surface area contributed by atoms with E-state index in [0.29, 0.717) is 11.5 Å². The molecule has 2 aliphatic heterocycles. The lowest BCUT2D eigenvalue weighted by Gasteiger charge is -2.32. The Bertz CT molecular complexity index is 1080. The molecular formula is C32H42F4N2O2. The number of likely N-dealkylation sites (tertiary alicyclic amines) is 2. The molecule has 1 aliphatic carbocycles. The van der Waals surface area contributed by atoms with Crippen LogP contribution in [-0.4, -0.2) is 66.1 Å². The summed E-state index contributed by atoms with van der Waals surface area (Å²) in [6, 6.07) is 11.7. The van der Waals surface area contributed by atoms with E-state index in [0.717, 1.165) is 57.4 Å². The topological polar surface area (TPSA) is 43.8 Å². The molecule has 0 amide bonds. The van der Waals surface area contributed by atoms with E-state index in [4.69, 9.17) is 0 Å². The third kappa shape index (κ3) is 9.03. The summed E-state index contributed by atoms with van der Waals surface area (Å²) in [6.45, 7) is 3.33. The molecule has 0 spiro atoms. The Morgan fingerprint density at radius 2 is 1.65 bits per heavy atom. The Morgan fingerprint density at radius 3 is 2.25 bits per heavy atom. The molecular weight excluding hydrogens is 520 g/mol. The van der Waals surface area contributed by atoms with Gasteiger partial charge in [-0.3, -0.25) is 9.69 Å². The van der Waals surface area contributed by atoms with Crippen LogP contribution in [0.4, 0.5) is 17.6 Å². The minimum atomic E-state index is -2.70. The van der Waals surface area contributed by atoms with Crippen molar-refractivity contribution in [3.05, 3.63) is 71.3 Å². The predicted octanol–water partition coefficient (Wildman–Crippen LogP) is 6.99. The molecule has 3 aliphatic rings. The van der Waals surface area contributed by atoms with E-state index in [1.807, 2.05) is 13.1 Å². The summed E-state index contributed by atoms with van der Waals surface area (Å²) in [4.78, 5) is 15.8. The van der Waals surface area contributed by atoms with Crippen molar-refractivity contribution in [3.63, 3.8) is 0 Å². The average molecular weight is 563 g/mol. The van der Waals surface area contributed by atoms with Crippen LogP contribution < -0.4 is 0 Å². The smallest absolute Gasteiger partial charge is 0.320 e. The first-order chi connectivity index (χ1) is 19.1. The molecule has 40 heavy (non-hydrogen) atoms. The lowest BCUT2D eigenvalue weighted by atomic mass is 9.80. The van der Waals surface area contributed by atoms with Crippen molar-refractivity contribution >= 4 is 5.97 Å². The number of rotatable bonds is 9. The number of carbonyl (C=O) groups is 1. The van der Waals surface area contributed by atoms with Crippen molar-refractivity contribution in [1.29, 1.82) is 0 Å². The van der Waals surface area contributed by atoms with E-state index in [-0.39, 0.29) is 42.4 Å². The third-order valence-electron chi connectivity index (χ3n) is 8.85. The van der Waals surface area contributed by atoms with Crippen LogP contribution in [0.15, 0.2) is 48.5 Å². The molecule has 4 nitrogen and oxygen atoms in total. The van der Waals surface area contributed by atoms with Gasteiger partial charge in [0.2, 0.25) is 0 Å². The van der Waals surface area contributed by atoms with Crippen LogP contribution in [-0.2, 0) is 11.2 Å². The van der Waals surface area contributed by atoms with Crippen LogP contribution in [0.2, 0.25) is 0 Å². The zero-order chi connectivity index (χ0) is 28.7. The number of nitrogens with zero attached hydrogens (tertiary/aromatic N) is 2. The Labute approximate surface area is 235 Å². The van der Waals surface area contributed by atoms with Crippen LogP contribution in [0.25, 0.3) is 0 Å². The number of halogens is 4. The van der Waals surface area contributed by atoms with Crippen LogP contribution in [0.5, 0.6) is 0 Å². The van der Waals surface area contributed by atoms with Crippen LogP contribution in [0.3, 0.4) is 0 Å². The van der Waals surface area contributed by atoms with Crippen molar-refractivity contribution in [3.8, 4) is 0 Å². The maximum Gasteiger partial charge on any atom is 0.320 e. The summed E-state index contributed by atoms with van der Waals surface area (Å²) in [7, 11) is 2.02. The first kappa shape index (κ1) is 30.5. The second kappa shape index (κ2) is 13.9. The third-order valence-corrected chi connectivity index (χ3v) is 8.85. The fraction of sp³-hybridized carbons (Fsp3) is 0.594. The van der Waals surface area contributed by atoms with Crippen LogP contribution in [0.1, 0.15) is 68.4 Å². The van der Waals surface area contributed by atoms with E-state index < -0.39 is 11.9 Å². The van der Waals surface area contributed by atoms with Crippen LogP contribution in [0, 0.1) is 23.5 Å². The average Bonchev–Trinajstić information content (AvgIpc) is 3.36. The van der Waals surface area contributed by atoms with E-state index >= 15 is 0 Å². The number of hydrogen-bond donors (Lipinski definition) is 1. The van der Waals surface area contributed by atoms with E-state index in [2.05, 4.69) is 9.80 Å². The normalized spacial score (nSPS) is 21.9. The second-order valence-corrected chi connectivity index (χ2v) is 12.0. The zero-order valence-electron chi connectivity index (χ0n) is 23.4.